The lowest BCUT2D eigenvalue weighted by molar-refractivity contribution is 0.0695. The number of rotatable bonds is 6. The summed E-state index contributed by atoms with van der Waals surface area (Å²) in [5, 5.41) is 12.7. The normalized spacial score (nSPS) is 10.6. The summed E-state index contributed by atoms with van der Waals surface area (Å²) >= 11 is 1.30. The Balaban J connectivity index is 1.98. The molecule has 2 heterocycles. The van der Waals surface area contributed by atoms with E-state index in [1.54, 1.807) is 6.92 Å². The van der Waals surface area contributed by atoms with E-state index < -0.39 is 5.97 Å². The van der Waals surface area contributed by atoms with E-state index in [0.717, 1.165) is 23.8 Å². The average Bonchev–Trinajstić information content (AvgIpc) is 2.94. The monoisotopic (exact) mass is 281 g/mol. The zero-order chi connectivity index (χ0) is 13.8. The molecule has 0 aliphatic rings. The molecule has 2 N–H and O–H groups in total. The van der Waals surface area contributed by atoms with Crippen molar-refractivity contribution in [2.45, 2.75) is 33.2 Å². The molecule has 0 aliphatic carbocycles. The highest BCUT2D eigenvalue weighted by Gasteiger charge is 2.13. The Kier molecular flexibility index (Phi) is 4.16. The highest BCUT2D eigenvalue weighted by atomic mass is 32.1. The van der Waals surface area contributed by atoms with Crippen LogP contribution in [0.15, 0.2) is 10.5 Å². The van der Waals surface area contributed by atoms with Gasteiger partial charge in [0.15, 0.2) is 0 Å². The van der Waals surface area contributed by atoms with E-state index >= 15 is 0 Å². The summed E-state index contributed by atoms with van der Waals surface area (Å²) in [4.78, 5) is 15.2. The van der Waals surface area contributed by atoms with Crippen molar-refractivity contribution >= 4 is 22.6 Å². The van der Waals surface area contributed by atoms with Crippen LogP contribution in [0.4, 0.5) is 5.13 Å². The van der Waals surface area contributed by atoms with Crippen LogP contribution in [0.2, 0.25) is 0 Å². The number of carboxylic acids is 1. The molecule has 2 aromatic rings. The third-order valence-corrected chi connectivity index (χ3v) is 3.27. The van der Waals surface area contributed by atoms with E-state index in [9.17, 15) is 4.79 Å². The highest BCUT2D eigenvalue weighted by molar-refractivity contribution is 7.09. The van der Waals surface area contributed by atoms with Crippen molar-refractivity contribution in [1.29, 1.82) is 0 Å². The van der Waals surface area contributed by atoms with Gasteiger partial charge in [-0.25, -0.2) is 9.78 Å². The molecule has 0 saturated heterocycles. The average molecular weight is 281 g/mol. The van der Waals surface area contributed by atoms with Crippen molar-refractivity contribution in [3.63, 3.8) is 0 Å². The maximum absolute atomic E-state index is 10.9. The molecule has 0 amide bonds. The molecule has 7 heteroatoms. The number of hydrogen-bond acceptors (Lipinski definition) is 6. The van der Waals surface area contributed by atoms with Crippen LogP contribution >= 0.6 is 11.5 Å². The van der Waals surface area contributed by atoms with Gasteiger partial charge in [-0.15, -0.1) is 0 Å². The molecule has 102 valence electrons. The first-order valence-electron chi connectivity index (χ1n) is 5.99. The number of furan rings is 1. The molecule has 19 heavy (non-hydrogen) atoms. The Bertz CT molecular complexity index is 577. The van der Waals surface area contributed by atoms with E-state index in [1.807, 2.05) is 0 Å². The molecule has 0 fully saturated rings. The van der Waals surface area contributed by atoms with Crippen LogP contribution in [0.1, 0.15) is 41.0 Å². The Morgan fingerprint density at radius 3 is 3.00 bits per heavy atom. The van der Waals surface area contributed by atoms with Gasteiger partial charge in [0.2, 0.25) is 5.13 Å². The minimum absolute atomic E-state index is 0.195. The fraction of sp³-hybridized carbons (Fsp3) is 0.417. The van der Waals surface area contributed by atoms with Gasteiger partial charge in [-0.05, 0) is 19.4 Å². The predicted octanol–water partition coefficient (Wildman–Crippen LogP) is 2.70. The van der Waals surface area contributed by atoms with Crippen LogP contribution in [0.3, 0.4) is 0 Å². The molecule has 2 rings (SSSR count). The third-order valence-electron chi connectivity index (χ3n) is 2.55. The van der Waals surface area contributed by atoms with Crippen molar-refractivity contribution in [3.8, 4) is 0 Å². The lowest BCUT2D eigenvalue weighted by Crippen LogP contribution is -1.98. The number of anilines is 1. The van der Waals surface area contributed by atoms with Crippen LogP contribution in [0, 0.1) is 6.92 Å². The van der Waals surface area contributed by atoms with Gasteiger partial charge in [-0.3, -0.25) is 0 Å². The maximum atomic E-state index is 10.9. The second-order valence-corrected chi connectivity index (χ2v) is 4.86. The van der Waals surface area contributed by atoms with Crippen molar-refractivity contribution in [2.24, 2.45) is 0 Å². The van der Waals surface area contributed by atoms with E-state index in [4.69, 9.17) is 9.52 Å². The van der Waals surface area contributed by atoms with Crippen LogP contribution < -0.4 is 5.32 Å². The fourth-order valence-corrected chi connectivity index (χ4v) is 2.26. The first-order chi connectivity index (χ1) is 9.10. The van der Waals surface area contributed by atoms with E-state index in [1.165, 1.54) is 17.6 Å². The highest BCUT2D eigenvalue weighted by Crippen LogP contribution is 2.17. The van der Waals surface area contributed by atoms with Crippen LogP contribution in [-0.2, 0) is 13.0 Å². The summed E-state index contributed by atoms with van der Waals surface area (Å²) in [7, 11) is 0. The molecular formula is C12H15N3O3S. The van der Waals surface area contributed by atoms with Crippen molar-refractivity contribution < 1.29 is 14.3 Å². The molecule has 0 saturated carbocycles. The van der Waals surface area contributed by atoms with Crippen LogP contribution in [-0.4, -0.2) is 20.4 Å². The predicted molar refractivity (Wildman–Crippen MR) is 71.6 cm³/mol. The van der Waals surface area contributed by atoms with Crippen molar-refractivity contribution in [1.82, 2.24) is 9.36 Å². The Labute approximate surface area is 114 Å². The third kappa shape index (κ3) is 3.31. The summed E-state index contributed by atoms with van der Waals surface area (Å²) < 4.78 is 9.58. The summed E-state index contributed by atoms with van der Waals surface area (Å²) in [5.74, 6) is 0.834. The van der Waals surface area contributed by atoms with E-state index in [2.05, 4.69) is 21.6 Å². The van der Waals surface area contributed by atoms with Gasteiger partial charge >= 0.3 is 5.97 Å². The zero-order valence-corrected chi connectivity index (χ0v) is 11.6. The quantitative estimate of drug-likeness (QED) is 0.846. The molecule has 6 nitrogen and oxygen atoms in total. The standard InChI is InChI=1S/C12H15N3O3S/c1-3-4-10-14-12(19-15-10)13-6-8-5-9(11(16)17)7(2)18-8/h5H,3-4,6H2,1-2H3,(H,16,17)(H,13,14,15). The molecule has 2 aromatic heterocycles. The molecule has 0 atom stereocenters. The molecule has 0 unspecified atom stereocenters. The smallest absolute Gasteiger partial charge is 0.339 e. The fourth-order valence-electron chi connectivity index (χ4n) is 1.66. The maximum Gasteiger partial charge on any atom is 0.339 e. The number of carboxylic acid groups (broad SMARTS) is 1. The topological polar surface area (TPSA) is 88.2 Å². The lowest BCUT2D eigenvalue weighted by Gasteiger charge is -1.97. The molecule has 0 radical (unpaired) electrons. The van der Waals surface area contributed by atoms with Gasteiger partial charge in [0.05, 0.1) is 6.54 Å². The molecule has 0 bridgehead atoms. The van der Waals surface area contributed by atoms with Gasteiger partial charge in [0, 0.05) is 18.0 Å². The van der Waals surface area contributed by atoms with Gasteiger partial charge in [-0.1, -0.05) is 6.92 Å². The lowest BCUT2D eigenvalue weighted by atomic mass is 10.2. The van der Waals surface area contributed by atoms with Crippen LogP contribution in [0.25, 0.3) is 0 Å². The van der Waals surface area contributed by atoms with Gasteiger partial charge in [-0.2, -0.15) is 4.37 Å². The number of nitrogens with one attached hydrogen (secondary N) is 1. The van der Waals surface area contributed by atoms with Crippen LogP contribution in [0.5, 0.6) is 0 Å². The zero-order valence-electron chi connectivity index (χ0n) is 10.8. The first-order valence-corrected chi connectivity index (χ1v) is 6.76. The van der Waals surface area contributed by atoms with Gasteiger partial charge < -0.3 is 14.8 Å². The first kappa shape index (κ1) is 13.5. The molecule has 0 aromatic carbocycles. The number of carbonyl (C=O) groups is 1. The van der Waals surface area contributed by atoms with Crippen molar-refractivity contribution in [3.05, 3.63) is 29.0 Å². The van der Waals surface area contributed by atoms with Gasteiger partial charge in [0.1, 0.15) is 22.9 Å². The summed E-state index contributed by atoms with van der Waals surface area (Å²) in [6.07, 6.45) is 1.87. The number of aromatic carboxylic acids is 1. The SMILES string of the molecule is CCCc1nsc(NCc2cc(C(=O)O)c(C)o2)n1. The number of aromatic nitrogens is 2. The molecule has 0 spiro atoms. The van der Waals surface area contributed by atoms with Crippen molar-refractivity contribution in [2.75, 3.05) is 5.32 Å². The molecular weight excluding hydrogens is 266 g/mol. The second kappa shape index (κ2) is 5.83. The number of hydrogen-bond donors (Lipinski definition) is 2. The summed E-state index contributed by atoms with van der Waals surface area (Å²) in [6.45, 7) is 4.11. The minimum Gasteiger partial charge on any atom is -0.478 e. The van der Waals surface area contributed by atoms with Gasteiger partial charge in [0.25, 0.3) is 0 Å². The Morgan fingerprint density at radius 2 is 2.37 bits per heavy atom. The largest absolute Gasteiger partial charge is 0.478 e. The Morgan fingerprint density at radius 1 is 1.58 bits per heavy atom. The summed E-state index contributed by atoms with van der Waals surface area (Å²) in [6, 6.07) is 1.53. The molecule has 0 aliphatic heterocycles. The Hall–Kier alpha value is -1.89. The number of nitrogens with zero attached hydrogens (tertiary/aromatic N) is 2. The second-order valence-electron chi connectivity index (χ2n) is 4.11. The minimum atomic E-state index is -0.978. The van der Waals surface area contributed by atoms with E-state index in [0.29, 0.717) is 18.1 Å². The number of aryl methyl sites for hydroxylation is 2. The van der Waals surface area contributed by atoms with E-state index in [-0.39, 0.29) is 5.56 Å². The summed E-state index contributed by atoms with van der Waals surface area (Å²) in [5.41, 5.74) is 0.195.